The molecular weight excluding hydrogens is 171 g/mol. The molecule has 0 bridgehead atoms. The molecule has 1 rings (SSSR count). The average Bonchev–Trinajstić information content (AvgIpc) is 2.09. The summed E-state index contributed by atoms with van der Waals surface area (Å²) in [5.74, 6) is 0.868. The van der Waals surface area contributed by atoms with Gasteiger partial charge in [0.2, 0.25) is 0 Å². The third-order valence-electron chi connectivity index (χ3n) is 1.58. The van der Waals surface area contributed by atoms with E-state index in [0.717, 1.165) is 11.3 Å². The lowest BCUT2D eigenvalue weighted by molar-refractivity contribution is 0.0384. The van der Waals surface area contributed by atoms with Gasteiger partial charge in [-0.2, -0.15) is 0 Å². The van der Waals surface area contributed by atoms with Gasteiger partial charge in [0.25, 0.3) is 0 Å². The molecule has 0 aliphatic heterocycles. The zero-order valence-corrected chi connectivity index (χ0v) is 8.44. The van der Waals surface area contributed by atoms with E-state index in [-0.39, 0.29) is 6.29 Å². The second kappa shape index (κ2) is 4.44. The minimum Gasteiger partial charge on any atom is -0.465 e. The summed E-state index contributed by atoms with van der Waals surface area (Å²) in [7, 11) is 2.18. The molecule has 1 aromatic rings. The third kappa shape index (κ3) is 2.47. The van der Waals surface area contributed by atoms with Gasteiger partial charge in [-0.3, -0.25) is 0 Å². The van der Waals surface area contributed by atoms with Gasteiger partial charge in [-0.25, -0.2) is 0 Å². The molecular formula is C9H13O2P. The van der Waals surface area contributed by atoms with Crippen molar-refractivity contribution in [2.45, 2.75) is 20.1 Å². The molecule has 2 unspecified atom stereocenters. The highest BCUT2D eigenvalue weighted by Crippen LogP contribution is 2.18. The highest BCUT2D eigenvalue weighted by molar-refractivity contribution is 7.09. The van der Waals surface area contributed by atoms with Crippen LogP contribution in [0.1, 0.15) is 12.5 Å². The van der Waals surface area contributed by atoms with E-state index in [9.17, 15) is 0 Å². The quantitative estimate of drug-likeness (QED) is 0.530. The standard InChI is InChI=1S/C9H13O2P/c1-7-5-3-4-6-9(7)10-8(2)11-12/h3-6,8H,12H2,1-2H3. The minimum absolute atomic E-state index is 0.226. The molecule has 0 amide bonds. The Hall–Kier alpha value is -0.590. The fourth-order valence-electron chi connectivity index (χ4n) is 0.895. The Morgan fingerprint density at radius 1 is 1.33 bits per heavy atom. The molecule has 0 saturated carbocycles. The van der Waals surface area contributed by atoms with Gasteiger partial charge in [0.1, 0.15) is 5.75 Å². The minimum atomic E-state index is -0.226. The van der Waals surface area contributed by atoms with E-state index in [1.54, 1.807) is 0 Å². The summed E-state index contributed by atoms with van der Waals surface area (Å²) >= 11 is 0. The van der Waals surface area contributed by atoms with Crippen molar-refractivity contribution in [2.24, 2.45) is 0 Å². The fraction of sp³-hybridized carbons (Fsp3) is 0.333. The summed E-state index contributed by atoms with van der Waals surface area (Å²) in [6.07, 6.45) is -0.226. The number of benzene rings is 1. The maximum absolute atomic E-state index is 5.45. The van der Waals surface area contributed by atoms with Gasteiger partial charge >= 0.3 is 0 Å². The predicted molar refractivity (Wildman–Crippen MR) is 52.1 cm³/mol. The first-order chi connectivity index (χ1) is 5.74. The Morgan fingerprint density at radius 2 is 2.00 bits per heavy atom. The molecule has 0 aromatic heterocycles. The highest BCUT2D eigenvalue weighted by atomic mass is 31.0. The first-order valence-corrected chi connectivity index (χ1v) is 4.29. The fourth-order valence-corrected chi connectivity index (χ4v) is 0.951. The normalized spacial score (nSPS) is 12.6. The van der Waals surface area contributed by atoms with Crippen LogP contribution in [0.25, 0.3) is 0 Å². The summed E-state index contributed by atoms with van der Waals surface area (Å²) in [6.45, 7) is 3.85. The summed E-state index contributed by atoms with van der Waals surface area (Å²) in [5.41, 5.74) is 1.12. The molecule has 0 N–H and O–H groups in total. The molecule has 0 aliphatic carbocycles. The number of aryl methyl sites for hydroxylation is 1. The Morgan fingerprint density at radius 3 is 2.58 bits per heavy atom. The molecule has 0 radical (unpaired) electrons. The molecule has 0 spiro atoms. The van der Waals surface area contributed by atoms with E-state index >= 15 is 0 Å². The molecule has 1 aromatic carbocycles. The van der Waals surface area contributed by atoms with E-state index < -0.39 is 0 Å². The van der Waals surface area contributed by atoms with Crippen molar-refractivity contribution >= 4 is 9.47 Å². The number of para-hydroxylation sites is 1. The van der Waals surface area contributed by atoms with Crippen molar-refractivity contribution in [1.29, 1.82) is 0 Å². The Labute approximate surface area is 75.2 Å². The van der Waals surface area contributed by atoms with Crippen LogP contribution in [-0.2, 0) is 4.52 Å². The maximum Gasteiger partial charge on any atom is 0.199 e. The number of hydrogen-bond donors (Lipinski definition) is 0. The molecule has 66 valence electrons. The molecule has 0 heterocycles. The number of hydrogen-bond acceptors (Lipinski definition) is 2. The van der Waals surface area contributed by atoms with Crippen molar-refractivity contribution in [2.75, 3.05) is 0 Å². The lowest BCUT2D eigenvalue weighted by atomic mass is 10.2. The van der Waals surface area contributed by atoms with Gasteiger partial charge in [-0.05, 0) is 25.5 Å². The van der Waals surface area contributed by atoms with Crippen LogP contribution in [0.3, 0.4) is 0 Å². The molecule has 0 fully saturated rings. The predicted octanol–water partition coefficient (Wildman–Crippen LogP) is 2.53. The van der Waals surface area contributed by atoms with Crippen LogP contribution in [0.2, 0.25) is 0 Å². The van der Waals surface area contributed by atoms with E-state index in [4.69, 9.17) is 9.26 Å². The smallest absolute Gasteiger partial charge is 0.199 e. The Kier molecular flexibility index (Phi) is 3.51. The van der Waals surface area contributed by atoms with E-state index in [1.807, 2.05) is 38.1 Å². The monoisotopic (exact) mass is 184 g/mol. The van der Waals surface area contributed by atoms with Gasteiger partial charge in [-0.15, -0.1) is 0 Å². The average molecular weight is 184 g/mol. The van der Waals surface area contributed by atoms with Crippen LogP contribution in [0.5, 0.6) is 5.75 Å². The van der Waals surface area contributed by atoms with Gasteiger partial charge in [-0.1, -0.05) is 18.2 Å². The maximum atomic E-state index is 5.45. The van der Waals surface area contributed by atoms with Crippen molar-refractivity contribution in [3.63, 3.8) is 0 Å². The van der Waals surface area contributed by atoms with Crippen molar-refractivity contribution in [1.82, 2.24) is 0 Å². The highest BCUT2D eigenvalue weighted by Gasteiger charge is 2.02. The molecule has 0 saturated heterocycles. The topological polar surface area (TPSA) is 18.5 Å². The van der Waals surface area contributed by atoms with E-state index in [1.165, 1.54) is 0 Å². The summed E-state index contributed by atoms with van der Waals surface area (Å²) < 4.78 is 10.4. The van der Waals surface area contributed by atoms with Crippen LogP contribution in [0.15, 0.2) is 24.3 Å². The SMILES string of the molecule is Cc1ccccc1OC(C)OP. The first kappa shape index (κ1) is 9.50. The van der Waals surface area contributed by atoms with Crippen LogP contribution >= 0.6 is 9.47 Å². The molecule has 12 heavy (non-hydrogen) atoms. The molecule has 2 atom stereocenters. The lowest BCUT2D eigenvalue weighted by Gasteiger charge is -2.13. The second-order valence-corrected chi connectivity index (χ2v) is 2.86. The van der Waals surface area contributed by atoms with Gasteiger partial charge in [0.05, 0.1) is 0 Å². The van der Waals surface area contributed by atoms with Gasteiger partial charge in [0, 0.05) is 9.47 Å². The molecule has 0 aliphatic rings. The number of rotatable bonds is 3. The second-order valence-electron chi connectivity index (χ2n) is 2.59. The summed E-state index contributed by atoms with van der Waals surface area (Å²) in [5, 5.41) is 0. The third-order valence-corrected chi connectivity index (χ3v) is 1.96. The van der Waals surface area contributed by atoms with Crippen molar-refractivity contribution in [3.05, 3.63) is 29.8 Å². The van der Waals surface area contributed by atoms with Crippen LogP contribution in [0.4, 0.5) is 0 Å². The number of ether oxygens (including phenoxy) is 1. The zero-order chi connectivity index (χ0) is 8.97. The van der Waals surface area contributed by atoms with Crippen LogP contribution < -0.4 is 4.74 Å². The van der Waals surface area contributed by atoms with Crippen molar-refractivity contribution in [3.8, 4) is 5.75 Å². The Balaban J connectivity index is 2.69. The summed E-state index contributed by atoms with van der Waals surface area (Å²) in [6, 6.07) is 7.85. The lowest BCUT2D eigenvalue weighted by Crippen LogP contribution is -2.11. The van der Waals surface area contributed by atoms with Crippen LogP contribution in [0, 0.1) is 6.92 Å². The van der Waals surface area contributed by atoms with E-state index in [2.05, 4.69) is 9.47 Å². The van der Waals surface area contributed by atoms with Crippen LogP contribution in [-0.4, -0.2) is 6.29 Å². The molecule has 2 nitrogen and oxygen atoms in total. The molecule has 3 heteroatoms. The van der Waals surface area contributed by atoms with Crippen molar-refractivity contribution < 1.29 is 9.26 Å². The van der Waals surface area contributed by atoms with E-state index in [0.29, 0.717) is 0 Å². The van der Waals surface area contributed by atoms with Gasteiger partial charge < -0.3 is 9.26 Å². The zero-order valence-electron chi connectivity index (χ0n) is 7.28. The van der Waals surface area contributed by atoms with Gasteiger partial charge in [0.15, 0.2) is 6.29 Å². The largest absolute Gasteiger partial charge is 0.465 e. The Bertz CT molecular complexity index is 250. The first-order valence-electron chi connectivity index (χ1n) is 3.82. The summed E-state index contributed by atoms with van der Waals surface area (Å²) in [4.78, 5) is 0.